The first kappa shape index (κ1) is 29.3. The van der Waals surface area contributed by atoms with Crippen molar-refractivity contribution >= 4 is 44.9 Å². The molecule has 6 nitrogen and oxygen atoms in total. The van der Waals surface area contributed by atoms with Crippen molar-refractivity contribution in [1.82, 2.24) is 0 Å². The molecule has 0 fully saturated rings. The van der Waals surface area contributed by atoms with Crippen LogP contribution in [0.4, 0.5) is 27.6 Å². The normalized spacial score (nSPS) is 15.9. The summed E-state index contributed by atoms with van der Waals surface area (Å²) in [4.78, 5) is 10.3. The molecule has 1 unspecified atom stereocenters. The van der Waals surface area contributed by atoms with E-state index in [1.54, 1.807) is 0 Å². The number of hydrogen-bond acceptors (Lipinski definition) is 4. The zero-order chi connectivity index (χ0) is 29.4. The van der Waals surface area contributed by atoms with Crippen LogP contribution in [0.3, 0.4) is 0 Å². The second-order valence-corrected chi connectivity index (χ2v) is 11.2. The third kappa shape index (κ3) is 5.92. The van der Waals surface area contributed by atoms with Crippen molar-refractivity contribution in [3.05, 3.63) is 87.9 Å². The molecule has 40 heavy (non-hydrogen) atoms. The topological polar surface area (TPSA) is 83.9 Å². The smallest absolute Gasteiger partial charge is 0.416 e. The van der Waals surface area contributed by atoms with Crippen LogP contribution >= 0.6 is 11.6 Å². The standard InChI is InChI=1S/C27H21ClF5NO5S/c1-15(24-20(28)6-3-7-21(24)29)12-16-8-10-22-26(25(16)30)34(14-18(39-22)9-11-23(35)36)40(37,38)19-5-2-4-17(13-19)27(31,32)33/h2-8,10,12-13,18H,9,11,14H2,1H3,(H,35,36). The molecule has 1 aliphatic heterocycles. The van der Waals surface area contributed by atoms with Crippen molar-refractivity contribution in [2.75, 3.05) is 10.8 Å². The number of aliphatic carboxylic acids is 1. The molecule has 1 aliphatic rings. The molecule has 13 heteroatoms. The van der Waals surface area contributed by atoms with Crippen molar-refractivity contribution in [2.24, 2.45) is 0 Å². The Hall–Kier alpha value is -3.64. The number of sulfonamides is 1. The van der Waals surface area contributed by atoms with Gasteiger partial charge in [0.1, 0.15) is 23.4 Å². The van der Waals surface area contributed by atoms with Gasteiger partial charge in [-0.15, -0.1) is 0 Å². The average molecular weight is 602 g/mol. The summed E-state index contributed by atoms with van der Waals surface area (Å²) < 4.78 is 104. The molecule has 1 atom stereocenters. The fourth-order valence-electron chi connectivity index (χ4n) is 4.29. The SMILES string of the molecule is CC(=Cc1ccc2c(c1F)N(S(=O)(=O)c1cccc(C(F)(F)F)c1)CC(CCC(=O)O)O2)c1c(F)cccc1Cl. The van der Waals surface area contributed by atoms with Crippen LogP contribution in [0.25, 0.3) is 11.6 Å². The van der Waals surface area contributed by atoms with Crippen LogP contribution in [0, 0.1) is 11.6 Å². The van der Waals surface area contributed by atoms with Crippen molar-refractivity contribution < 1.29 is 45.0 Å². The lowest BCUT2D eigenvalue weighted by Crippen LogP contribution is -2.44. The van der Waals surface area contributed by atoms with Crippen LogP contribution < -0.4 is 9.04 Å². The number of halogens is 6. The molecule has 0 amide bonds. The Balaban J connectivity index is 1.86. The molecule has 212 valence electrons. The summed E-state index contributed by atoms with van der Waals surface area (Å²) in [6, 6.07) is 9.48. The van der Waals surface area contributed by atoms with Gasteiger partial charge in [-0.05, 0) is 67.5 Å². The Kier molecular flexibility index (Phi) is 8.13. The Morgan fingerprint density at radius 2 is 1.85 bits per heavy atom. The van der Waals surface area contributed by atoms with Crippen molar-refractivity contribution in [2.45, 2.75) is 36.9 Å². The second-order valence-electron chi connectivity index (χ2n) is 8.97. The van der Waals surface area contributed by atoms with E-state index >= 15 is 4.39 Å². The molecule has 1 heterocycles. The lowest BCUT2D eigenvalue weighted by atomic mass is 10.0. The van der Waals surface area contributed by atoms with Gasteiger partial charge in [-0.25, -0.2) is 17.2 Å². The first-order valence-corrected chi connectivity index (χ1v) is 13.6. The summed E-state index contributed by atoms with van der Waals surface area (Å²) in [5.74, 6) is -3.21. The first-order valence-electron chi connectivity index (χ1n) is 11.7. The first-order chi connectivity index (χ1) is 18.7. The summed E-state index contributed by atoms with van der Waals surface area (Å²) in [5, 5.41) is 9.11. The average Bonchev–Trinajstić information content (AvgIpc) is 2.88. The second kappa shape index (κ2) is 11.1. The predicted molar refractivity (Wildman–Crippen MR) is 139 cm³/mol. The van der Waals surface area contributed by atoms with Crippen LogP contribution in [0.15, 0.2) is 59.5 Å². The van der Waals surface area contributed by atoms with Gasteiger partial charge < -0.3 is 9.84 Å². The summed E-state index contributed by atoms with van der Waals surface area (Å²) >= 11 is 6.11. The molecule has 3 aromatic carbocycles. The van der Waals surface area contributed by atoms with Gasteiger partial charge in [0.05, 0.1) is 22.0 Å². The fourth-order valence-corrected chi connectivity index (χ4v) is 6.15. The number of hydrogen-bond donors (Lipinski definition) is 1. The van der Waals surface area contributed by atoms with Gasteiger partial charge in [0.15, 0.2) is 5.82 Å². The highest BCUT2D eigenvalue weighted by molar-refractivity contribution is 7.92. The number of carbonyl (C=O) groups is 1. The number of alkyl halides is 3. The van der Waals surface area contributed by atoms with E-state index in [4.69, 9.17) is 21.4 Å². The molecule has 0 aromatic heterocycles. The van der Waals surface area contributed by atoms with E-state index in [1.165, 1.54) is 37.3 Å². The molecular formula is C27H21ClF5NO5S. The molecular weight excluding hydrogens is 581 g/mol. The van der Waals surface area contributed by atoms with Crippen LogP contribution in [0.2, 0.25) is 5.02 Å². The molecule has 0 aliphatic carbocycles. The minimum absolute atomic E-state index is 0.000264. The van der Waals surface area contributed by atoms with Gasteiger partial charge >= 0.3 is 12.1 Å². The number of benzene rings is 3. The monoisotopic (exact) mass is 601 g/mol. The Morgan fingerprint density at radius 3 is 2.50 bits per heavy atom. The third-order valence-corrected chi connectivity index (χ3v) is 8.26. The maximum Gasteiger partial charge on any atom is 0.416 e. The zero-order valence-electron chi connectivity index (χ0n) is 20.7. The number of anilines is 1. The number of ether oxygens (including phenoxy) is 1. The van der Waals surface area contributed by atoms with E-state index < -0.39 is 69.0 Å². The number of allylic oxidation sites excluding steroid dienone is 1. The molecule has 3 aromatic rings. The minimum Gasteiger partial charge on any atom is -0.486 e. The van der Waals surface area contributed by atoms with E-state index in [1.807, 2.05) is 0 Å². The van der Waals surface area contributed by atoms with E-state index in [9.17, 15) is 30.8 Å². The molecule has 0 radical (unpaired) electrons. The van der Waals surface area contributed by atoms with Gasteiger partial charge in [0, 0.05) is 17.5 Å². The number of nitrogens with zero attached hydrogens (tertiary/aromatic N) is 1. The van der Waals surface area contributed by atoms with Gasteiger partial charge in [-0.2, -0.15) is 13.2 Å². The highest BCUT2D eigenvalue weighted by Crippen LogP contribution is 2.42. The van der Waals surface area contributed by atoms with Crippen molar-refractivity contribution in [1.29, 1.82) is 0 Å². The minimum atomic E-state index is -4.84. The summed E-state index contributed by atoms with van der Waals surface area (Å²) in [6.07, 6.45) is -5.19. The van der Waals surface area contributed by atoms with E-state index in [0.717, 1.165) is 18.2 Å². The Labute approximate surface area is 231 Å². The van der Waals surface area contributed by atoms with E-state index in [2.05, 4.69) is 0 Å². The summed E-state index contributed by atoms with van der Waals surface area (Å²) in [7, 11) is -4.80. The molecule has 0 saturated carbocycles. The highest BCUT2D eigenvalue weighted by Gasteiger charge is 2.39. The number of carboxylic acids is 1. The number of carboxylic acid groups (broad SMARTS) is 1. The lowest BCUT2D eigenvalue weighted by molar-refractivity contribution is -0.138. The molecule has 0 spiro atoms. The molecule has 0 saturated heterocycles. The molecule has 0 bridgehead atoms. The van der Waals surface area contributed by atoms with Gasteiger partial charge in [0.2, 0.25) is 0 Å². The Morgan fingerprint density at radius 1 is 1.15 bits per heavy atom. The highest BCUT2D eigenvalue weighted by atomic mass is 35.5. The van der Waals surface area contributed by atoms with Gasteiger partial charge in [0.25, 0.3) is 10.0 Å². The summed E-state index contributed by atoms with van der Waals surface area (Å²) in [6.45, 7) is 0.903. The van der Waals surface area contributed by atoms with E-state index in [0.29, 0.717) is 16.4 Å². The maximum absolute atomic E-state index is 16.0. The summed E-state index contributed by atoms with van der Waals surface area (Å²) in [5.41, 5.74) is -1.76. The van der Waals surface area contributed by atoms with E-state index in [-0.39, 0.29) is 33.9 Å². The fraction of sp³-hybridized carbons (Fsp3) is 0.222. The van der Waals surface area contributed by atoms with Gasteiger partial charge in [-0.1, -0.05) is 23.7 Å². The molecule has 4 rings (SSSR count). The Bertz CT molecular complexity index is 1590. The van der Waals surface area contributed by atoms with Crippen molar-refractivity contribution in [3.63, 3.8) is 0 Å². The number of fused-ring (bicyclic) bond motifs is 1. The van der Waals surface area contributed by atoms with Crippen LogP contribution in [0.1, 0.15) is 36.5 Å². The van der Waals surface area contributed by atoms with Gasteiger partial charge in [-0.3, -0.25) is 9.10 Å². The lowest BCUT2D eigenvalue weighted by Gasteiger charge is -2.36. The van der Waals surface area contributed by atoms with Crippen molar-refractivity contribution in [3.8, 4) is 5.75 Å². The zero-order valence-corrected chi connectivity index (χ0v) is 22.2. The largest absolute Gasteiger partial charge is 0.486 e. The third-order valence-electron chi connectivity index (χ3n) is 6.18. The predicted octanol–water partition coefficient (Wildman–Crippen LogP) is 7.02. The maximum atomic E-state index is 16.0. The van der Waals surface area contributed by atoms with Crippen LogP contribution in [-0.2, 0) is 21.0 Å². The molecule has 1 N–H and O–H groups in total. The van der Waals surface area contributed by atoms with Crippen LogP contribution in [-0.4, -0.2) is 32.1 Å². The quantitative estimate of drug-likeness (QED) is 0.232. The number of rotatable bonds is 7. The van der Waals surface area contributed by atoms with Crippen LogP contribution in [0.5, 0.6) is 5.75 Å².